The number of allylic oxidation sites excluding steroid dienone is 1. The number of aliphatic hydroxyl groups is 2. The van der Waals surface area contributed by atoms with E-state index < -0.39 is 5.92 Å². The minimum atomic E-state index is -0.466. The van der Waals surface area contributed by atoms with E-state index in [4.69, 9.17) is 5.11 Å². The Kier molecular flexibility index (Phi) is 7.25. The molecule has 0 aliphatic carbocycles. The molecule has 0 aromatic carbocycles. The van der Waals surface area contributed by atoms with Gasteiger partial charge >= 0.3 is 0 Å². The molecule has 2 amide bonds. The molecule has 6 heteroatoms. The van der Waals surface area contributed by atoms with Crippen LogP contribution in [0.4, 0.5) is 0 Å². The van der Waals surface area contributed by atoms with Crippen LogP contribution in [0.25, 0.3) is 0 Å². The third-order valence-electron chi connectivity index (χ3n) is 3.56. The summed E-state index contributed by atoms with van der Waals surface area (Å²) in [7, 11) is 0. The molecule has 3 N–H and O–H groups in total. The lowest BCUT2D eigenvalue weighted by molar-refractivity contribution is -0.137. The Morgan fingerprint density at radius 1 is 1.45 bits per heavy atom. The van der Waals surface area contributed by atoms with Gasteiger partial charge in [-0.3, -0.25) is 9.59 Å². The lowest BCUT2D eigenvalue weighted by Gasteiger charge is -2.25. The average molecular weight is 284 g/mol. The van der Waals surface area contributed by atoms with Gasteiger partial charge in [0.1, 0.15) is 0 Å². The summed E-state index contributed by atoms with van der Waals surface area (Å²) in [4.78, 5) is 25.8. The van der Waals surface area contributed by atoms with Gasteiger partial charge in [-0.2, -0.15) is 0 Å². The molecule has 1 aliphatic heterocycles. The molecule has 1 aliphatic rings. The molecular weight excluding hydrogens is 260 g/mol. The van der Waals surface area contributed by atoms with Gasteiger partial charge in [-0.25, -0.2) is 0 Å². The van der Waals surface area contributed by atoms with Crippen LogP contribution in [-0.4, -0.2) is 59.3 Å². The molecule has 0 aromatic heterocycles. The zero-order valence-corrected chi connectivity index (χ0v) is 11.8. The lowest BCUT2D eigenvalue weighted by atomic mass is 9.99. The van der Waals surface area contributed by atoms with Gasteiger partial charge in [0.15, 0.2) is 0 Å². The number of amides is 2. The van der Waals surface area contributed by atoms with Crippen molar-refractivity contribution >= 4 is 11.8 Å². The van der Waals surface area contributed by atoms with Crippen LogP contribution in [0.1, 0.15) is 25.7 Å². The minimum absolute atomic E-state index is 0.0332. The molecule has 1 fully saturated rings. The van der Waals surface area contributed by atoms with Crippen molar-refractivity contribution in [3.63, 3.8) is 0 Å². The summed E-state index contributed by atoms with van der Waals surface area (Å²) in [6.45, 7) is 4.27. The van der Waals surface area contributed by atoms with Gasteiger partial charge in [0.25, 0.3) is 0 Å². The second-order valence-corrected chi connectivity index (χ2v) is 5.01. The Bertz CT molecular complexity index is 346. The minimum Gasteiger partial charge on any atom is -0.395 e. The molecule has 1 rings (SSSR count). The van der Waals surface area contributed by atoms with E-state index in [-0.39, 0.29) is 44.0 Å². The third-order valence-corrected chi connectivity index (χ3v) is 3.56. The van der Waals surface area contributed by atoms with Crippen molar-refractivity contribution in [2.45, 2.75) is 31.7 Å². The number of hydrogen-bond acceptors (Lipinski definition) is 4. The van der Waals surface area contributed by atoms with Gasteiger partial charge < -0.3 is 20.4 Å². The summed E-state index contributed by atoms with van der Waals surface area (Å²) in [5.74, 6) is -0.814. The molecule has 2 atom stereocenters. The van der Waals surface area contributed by atoms with Crippen molar-refractivity contribution in [3.05, 3.63) is 12.7 Å². The smallest absolute Gasteiger partial charge is 0.224 e. The van der Waals surface area contributed by atoms with Crippen LogP contribution in [-0.2, 0) is 9.59 Å². The Morgan fingerprint density at radius 2 is 2.20 bits per heavy atom. The average Bonchev–Trinajstić information content (AvgIpc) is 2.92. The highest BCUT2D eigenvalue weighted by atomic mass is 16.3. The van der Waals surface area contributed by atoms with Crippen LogP contribution in [0, 0.1) is 5.92 Å². The van der Waals surface area contributed by atoms with Crippen LogP contribution in [0.3, 0.4) is 0 Å². The molecule has 114 valence electrons. The first-order valence-corrected chi connectivity index (χ1v) is 7.03. The van der Waals surface area contributed by atoms with Crippen molar-refractivity contribution in [2.24, 2.45) is 5.92 Å². The number of carbonyl (C=O) groups is 2. The summed E-state index contributed by atoms with van der Waals surface area (Å²) < 4.78 is 0. The first-order chi connectivity index (χ1) is 9.63. The van der Waals surface area contributed by atoms with Crippen molar-refractivity contribution in [1.29, 1.82) is 0 Å². The van der Waals surface area contributed by atoms with Gasteiger partial charge in [-0.05, 0) is 19.3 Å². The molecule has 20 heavy (non-hydrogen) atoms. The normalized spacial score (nSPS) is 19.7. The van der Waals surface area contributed by atoms with Gasteiger partial charge in [-0.15, -0.1) is 6.58 Å². The largest absolute Gasteiger partial charge is 0.395 e. The molecule has 0 spiro atoms. The standard InChI is InChI=1S/C14H24N2O4/c1-2-4-11(14(20)15-6-8-17)9-13(19)16-7-3-5-12(16)10-18/h2,11-12,17-18H,1,3-10H2,(H,15,20). The molecular formula is C14H24N2O4. The summed E-state index contributed by atoms with van der Waals surface area (Å²) in [5.41, 5.74) is 0. The van der Waals surface area contributed by atoms with Crippen LogP contribution in [0.2, 0.25) is 0 Å². The van der Waals surface area contributed by atoms with Crippen molar-refractivity contribution in [3.8, 4) is 0 Å². The number of aliphatic hydroxyl groups excluding tert-OH is 2. The Labute approximate surface area is 119 Å². The lowest BCUT2D eigenvalue weighted by Crippen LogP contribution is -2.41. The van der Waals surface area contributed by atoms with E-state index in [0.717, 1.165) is 12.8 Å². The molecule has 1 saturated heterocycles. The number of carbonyl (C=O) groups excluding carboxylic acids is 2. The Balaban J connectivity index is 2.57. The number of nitrogens with one attached hydrogen (secondary N) is 1. The molecule has 6 nitrogen and oxygen atoms in total. The summed E-state index contributed by atoms with van der Waals surface area (Å²) in [6.07, 6.45) is 3.84. The highest BCUT2D eigenvalue weighted by Gasteiger charge is 2.30. The topological polar surface area (TPSA) is 89.9 Å². The fourth-order valence-electron chi connectivity index (χ4n) is 2.49. The molecule has 0 saturated carbocycles. The van der Waals surface area contributed by atoms with E-state index >= 15 is 0 Å². The monoisotopic (exact) mass is 284 g/mol. The van der Waals surface area contributed by atoms with Gasteiger partial charge in [0.2, 0.25) is 11.8 Å². The van der Waals surface area contributed by atoms with Crippen molar-refractivity contribution < 1.29 is 19.8 Å². The Morgan fingerprint density at radius 3 is 2.80 bits per heavy atom. The molecule has 0 radical (unpaired) electrons. The number of likely N-dealkylation sites (tertiary alicyclic amines) is 1. The molecule has 0 aromatic rings. The number of hydrogen-bond donors (Lipinski definition) is 3. The third kappa shape index (κ3) is 4.61. The van der Waals surface area contributed by atoms with Crippen LogP contribution in [0.15, 0.2) is 12.7 Å². The van der Waals surface area contributed by atoms with Gasteiger partial charge in [0.05, 0.1) is 25.2 Å². The van der Waals surface area contributed by atoms with E-state index in [1.165, 1.54) is 0 Å². The zero-order chi connectivity index (χ0) is 15.0. The first kappa shape index (κ1) is 16.7. The van der Waals surface area contributed by atoms with Gasteiger partial charge in [0, 0.05) is 19.5 Å². The predicted molar refractivity (Wildman–Crippen MR) is 74.8 cm³/mol. The fourth-order valence-corrected chi connectivity index (χ4v) is 2.49. The van der Waals surface area contributed by atoms with E-state index in [1.807, 2.05) is 0 Å². The zero-order valence-electron chi connectivity index (χ0n) is 11.8. The highest BCUT2D eigenvalue weighted by molar-refractivity contribution is 5.86. The quantitative estimate of drug-likeness (QED) is 0.532. The predicted octanol–water partition coefficient (Wildman–Crippen LogP) is -0.339. The first-order valence-electron chi connectivity index (χ1n) is 7.03. The maximum atomic E-state index is 12.2. The van der Waals surface area contributed by atoms with E-state index in [9.17, 15) is 14.7 Å². The second kappa shape index (κ2) is 8.71. The highest BCUT2D eigenvalue weighted by Crippen LogP contribution is 2.20. The molecule has 1 heterocycles. The van der Waals surface area contributed by atoms with E-state index in [0.29, 0.717) is 13.0 Å². The van der Waals surface area contributed by atoms with Gasteiger partial charge in [-0.1, -0.05) is 6.08 Å². The number of rotatable bonds is 8. The second-order valence-electron chi connectivity index (χ2n) is 5.01. The fraction of sp³-hybridized carbons (Fsp3) is 0.714. The van der Waals surface area contributed by atoms with Crippen LogP contribution in [0.5, 0.6) is 0 Å². The SMILES string of the molecule is C=CCC(CC(=O)N1CCCC1CO)C(=O)NCCO. The molecule has 0 bridgehead atoms. The van der Waals surface area contributed by atoms with E-state index in [2.05, 4.69) is 11.9 Å². The number of nitrogens with zero attached hydrogens (tertiary/aromatic N) is 1. The van der Waals surface area contributed by atoms with Crippen molar-refractivity contribution in [1.82, 2.24) is 10.2 Å². The van der Waals surface area contributed by atoms with E-state index in [1.54, 1.807) is 11.0 Å². The van der Waals surface area contributed by atoms with Crippen molar-refractivity contribution in [2.75, 3.05) is 26.3 Å². The maximum absolute atomic E-state index is 12.2. The Hall–Kier alpha value is -1.40. The maximum Gasteiger partial charge on any atom is 0.224 e. The molecule has 2 unspecified atom stereocenters. The summed E-state index contributed by atoms with van der Waals surface area (Å²) >= 11 is 0. The summed E-state index contributed by atoms with van der Waals surface area (Å²) in [5, 5.41) is 20.5. The van der Waals surface area contributed by atoms with Crippen LogP contribution < -0.4 is 5.32 Å². The summed E-state index contributed by atoms with van der Waals surface area (Å²) in [6, 6.07) is -0.118. The van der Waals surface area contributed by atoms with Crippen LogP contribution >= 0.6 is 0 Å².